The molecule has 1 amide bonds. The molecule has 106 valence electrons. The van der Waals surface area contributed by atoms with Gasteiger partial charge in [-0.05, 0) is 12.1 Å². The van der Waals surface area contributed by atoms with E-state index < -0.39 is 0 Å². The van der Waals surface area contributed by atoms with Crippen molar-refractivity contribution in [2.24, 2.45) is 0 Å². The SMILES string of the molecule is COC(=O)CCC[NH+](Sc1ccccc1)C(C)=O.[Cl-]. The van der Waals surface area contributed by atoms with Crippen LogP contribution in [0.5, 0.6) is 0 Å². The van der Waals surface area contributed by atoms with Gasteiger partial charge in [0.25, 0.3) is 0 Å². The van der Waals surface area contributed by atoms with Gasteiger partial charge < -0.3 is 17.1 Å². The molecule has 0 heterocycles. The van der Waals surface area contributed by atoms with Gasteiger partial charge in [0.2, 0.25) is 0 Å². The number of nitrogens with one attached hydrogen (secondary N) is 1. The minimum atomic E-state index is -0.234. The van der Waals surface area contributed by atoms with E-state index >= 15 is 0 Å². The number of amides is 1. The number of hydrogen-bond donors (Lipinski definition) is 1. The van der Waals surface area contributed by atoms with E-state index in [1.807, 2.05) is 30.3 Å². The van der Waals surface area contributed by atoms with Gasteiger partial charge in [0.15, 0.2) is 0 Å². The first-order valence-corrected chi connectivity index (χ1v) is 6.61. The molecular weight excluding hydrogens is 286 g/mol. The Morgan fingerprint density at radius 3 is 2.42 bits per heavy atom. The largest absolute Gasteiger partial charge is 1.00 e. The summed E-state index contributed by atoms with van der Waals surface area (Å²) in [7, 11) is 1.37. The summed E-state index contributed by atoms with van der Waals surface area (Å²) in [4.78, 5) is 23.6. The number of rotatable bonds is 6. The molecule has 1 atom stereocenters. The molecule has 0 radical (unpaired) electrons. The van der Waals surface area contributed by atoms with Crippen molar-refractivity contribution in [3.63, 3.8) is 0 Å². The molecule has 1 aromatic carbocycles. The summed E-state index contributed by atoms with van der Waals surface area (Å²) in [6, 6.07) is 9.75. The van der Waals surface area contributed by atoms with Crippen LogP contribution < -0.4 is 16.7 Å². The highest BCUT2D eigenvalue weighted by Crippen LogP contribution is 2.09. The van der Waals surface area contributed by atoms with Gasteiger partial charge in [0.1, 0.15) is 11.9 Å². The number of hydrogen-bond acceptors (Lipinski definition) is 4. The number of benzene rings is 1. The predicted molar refractivity (Wildman–Crippen MR) is 70.1 cm³/mol. The van der Waals surface area contributed by atoms with Crippen LogP contribution in [0.25, 0.3) is 0 Å². The van der Waals surface area contributed by atoms with Crippen LogP contribution >= 0.6 is 11.9 Å². The molecule has 1 N–H and O–H groups in total. The lowest BCUT2D eigenvalue weighted by Crippen LogP contribution is -3.07. The third-order valence-electron chi connectivity index (χ3n) is 2.39. The lowest BCUT2D eigenvalue weighted by molar-refractivity contribution is -0.668. The Labute approximate surface area is 124 Å². The topological polar surface area (TPSA) is 47.8 Å². The maximum atomic E-state index is 11.5. The van der Waals surface area contributed by atoms with Crippen molar-refractivity contribution in [1.82, 2.24) is 0 Å². The van der Waals surface area contributed by atoms with Gasteiger partial charge in [-0.25, -0.2) is 9.10 Å². The molecule has 6 heteroatoms. The van der Waals surface area contributed by atoms with Gasteiger partial charge in [-0.1, -0.05) is 18.2 Å². The third-order valence-corrected chi connectivity index (χ3v) is 3.64. The molecule has 19 heavy (non-hydrogen) atoms. The van der Waals surface area contributed by atoms with Crippen molar-refractivity contribution in [3.05, 3.63) is 30.3 Å². The maximum absolute atomic E-state index is 11.5. The zero-order valence-electron chi connectivity index (χ0n) is 11.0. The van der Waals surface area contributed by atoms with Gasteiger partial charge in [-0.3, -0.25) is 4.79 Å². The third kappa shape index (κ3) is 7.20. The fraction of sp³-hybridized carbons (Fsp3) is 0.385. The first kappa shape index (κ1) is 18.0. The lowest BCUT2D eigenvalue weighted by Gasteiger charge is -2.12. The quantitative estimate of drug-likeness (QED) is 0.492. The normalized spacial score (nSPS) is 11.3. The summed E-state index contributed by atoms with van der Waals surface area (Å²) in [5.41, 5.74) is 0. The molecule has 0 fully saturated rings. The molecule has 0 saturated carbocycles. The second-order valence-electron chi connectivity index (χ2n) is 3.82. The molecule has 0 spiro atoms. The maximum Gasteiger partial charge on any atom is 0.320 e. The molecule has 0 aliphatic heterocycles. The van der Waals surface area contributed by atoms with Crippen molar-refractivity contribution in [2.45, 2.75) is 24.7 Å². The number of methoxy groups -OCH3 is 1. The highest BCUT2D eigenvalue weighted by molar-refractivity contribution is 7.93. The average molecular weight is 304 g/mol. The smallest absolute Gasteiger partial charge is 0.320 e. The van der Waals surface area contributed by atoms with Crippen molar-refractivity contribution < 1.29 is 31.0 Å². The summed E-state index contributed by atoms with van der Waals surface area (Å²) in [5, 5.41) is 0. The van der Waals surface area contributed by atoms with Crippen molar-refractivity contribution in [1.29, 1.82) is 0 Å². The monoisotopic (exact) mass is 303 g/mol. The molecule has 0 bridgehead atoms. The highest BCUT2D eigenvalue weighted by atomic mass is 35.5. The molecule has 1 unspecified atom stereocenters. The van der Waals surface area contributed by atoms with E-state index in [4.69, 9.17) is 0 Å². The Morgan fingerprint density at radius 2 is 1.89 bits per heavy atom. The Kier molecular flexibility index (Phi) is 9.30. The Balaban J connectivity index is 0.00000324. The van der Waals surface area contributed by atoms with E-state index in [1.54, 1.807) is 6.92 Å². The number of ether oxygens (including phenoxy) is 1. The van der Waals surface area contributed by atoms with Crippen LogP contribution in [-0.2, 0) is 14.3 Å². The van der Waals surface area contributed by atoms with Crippen molar-refractivity contribution in [3.8, 4) is 0 Å². The number of carbonyl (C=O) groups excluding carboxylic acids is 2. The van der Waals surface area contributed by atoms with Crippen LogP contribution in [-0.4, -0.2) is 25.5 Å². The molecule has 0 aromatic heterocycles. The van der Waals surface area contributed by atoms with Gasteiger partial charge in [0.05, 0.1) is 31.9 Å². The van der Waals surface area contributed by atoms with E-state index in [1.165, 1.54) is 19.1 Å². The van der Waals surface area contributed by atoms with Crippen LogP contribution in [0.2, 0.25) is 0 Å². The molecule has 1 aromatic rings. The summed E-state index contributed by atoms with van der Waals surface area (Å²) >= 11 is 1.47. The van der Waals surface area contributed by atoms with Gasteiger partial charge in [-0.2, -0.15) is 0 Å². The van der Waals surface area contributed by atoms with Crippen molar-refractivity contribution in [2.75, 3.05) is 13.7 Å². The van der Waals surface area contributed by atoms with E-state index in [0.717, 1.165) is 9.20 Å². The minimum Gasteiger partial charge on any atom is -1.00 e. The molecule has 0 aliphatic carbocycles. The highest BCUT2D eigenvalue weighted by Gasteiger charge is 2.17. The zero-order chi connectivity index (χ0) is 13.4. The summed E-state index contributed by atoms with van der Waals surface area (Å²) in [5.74, 6) is -0.170. The standard InChI is InChI=1S/C13H17NO3S.ClH/c1-11(15)14(10-6-9-13(16)17-2)18-12-7-4-3-5-8-12;/h3-5,7-8H,6,9-10H2,1-2H3;1H. The Morgan fingerprint density at radius 1 is 1.26 bits per heavy atom. The fourth-order valence-corrected chi connectivity index (χ4v) is 2.39. The Hall–Kier alpha value is -1.04. The second-order valence-corrected chi connectivity index (χ2v) is 4.99. The molecule has 0 saturated heterocycles. The first-order chi connectivity index (χ1) is 8.63. The van der Waals surface area contributed by atoms with Crippen molar-refractivity contribution >= 4 is 23.8 Å². The van der Waals surface area contributed by atoms with E-state index in [2.05, 4.69) is 4.74 Å². The van der Waals surface area contributed by atoms with Gasteiger partial charge in [-0.15, -0.1) is 0 Å². The van der Waals surface area contributed by atoms with Crippen LogP contribution in [0.3, 0.4) is 0 Å². The van der Waals surface area contributed by atoms with Crippen LogP contribution in [0, 0.1) is 0 Å². The van der Waals surface area contributed by atoms with E-state index in [0.29, 0.717) is 19.4 Å². The first-order valence-electron chi connectivity index (χ1n) is 5.80. The van der Waals surface area contributed by atoms with Gasteiger partial charge in [0, 0.05) is 6.42 Å². The summed E-state index contributed by atoms with van der Waals surface area (Å²) in [6.45, 7) is 2.17. The number of quaternary nitrogens is 1. The molecule has 0 aliphatic rings. The number of carbonyl (C=O) groups is 2. The van der Waals surface area contributed by atoms with Gasteiger partial charge >= 0.3 is 11.9 Å². The van der Waals surface area contributed by atoms with Crippen LogP contribution in [0.1, 0.15) is 19.8 Å². The lowest BCUT2D eigenvalue weighted by atomic mass is 10.3. The molecule has 4 nitrogen and oxygen atoms in total. The number of esters is 1. The minimum absolute atomic E-state index is 0. The van der Waals surface area contributed by atoms with Crippen LogP contribution in [0.4, 0.5) is 0 Å². The molecular formula is C13H18ClNO3S. The van der Waals surface area contributed by atoms with E-state index in [9.17, 15) is 9.59 Å². The predicted octanol–water partition coefficient (Wildman–Crippen LogP) is -1.92. The summed E-state index contributed by atoms with van der Waals surface area (Å²) in [6.07, 6.45) is 0.990. The van der Waals surface area contributed by atoms with E-state index in [-0.39, 0.29) is 24.3 Å². The fourth-order valence-electron chi connectivity index (χ4n) is 1.43. The molecule has 1 rings (SSSR count). The zero-order valence-corrected chi connectivity index (χ0v) is 12.6. The average Bonchev–Trinajstić information content (AvgIpc) is 2.38. The van der Waals surface area contributed by atoms with Crippen LogP contribution in [0.15, 0.2) is 35.2 Å². The second kappa shape index (κ2) is 9.83. The summed E-state index contributed by atoms with van der Waals surface area (Å²) < 4.78 is 5.35. The number of halogens is 1. The Bertz CT molecular complexity index is 400.